The number of nitrogens with one attached hydrogen (secondary N) is 2. The van der Waals surface area contributed by atoms with Crippen molar-refractivity contribution in [2.24, 2.45) is 0 Å². The van der Waals surface area contributed by atoms with Gasteiger partial charge < -0.3 is 15.0 Å². The maximum Gasteiger partial charge on any atom is 0.189 e. The maximum absolute atomic E-state index is 5.22. The Morgan fingerprint density at radius 3 is 3.12 bits per heavy atom. The van der Waals surface area contributed by atoms with Crippen molar-refractivity contribution >= 4 is 28.1 Å². The fourth-order valence-corrected chi connectivity index (χ4v) is 3.94. The molecule has 0 radical (unpaired) electrons. The van der Waals surface area contributed by atoms with E-state index >= 15 is 0 Å². The van der Waals surface area contributed by atoms with Gasteiger partial charge in [0.15, 0.2) is 10.9 Å². The van der Waals surface area contributed by atoms with E-state index in [4.69, 9.17) is 9.72 Å². The Labute approximate surface area is 150 Å². The fourth-order valence-electron chi connectivity index (χ4n) is 2.97. The molecule has 0 saturated carbocycles. The van der Waals surface area contributed by atoms with E-state index in [-0.39, 0.29) is 0 Å². The smallest absolute Gasteiger partial charge is 0.189 e. The van der Waals surface area contributed by atoms with Crippen molar-refractivity contribution in [3.63, 3.8) is 0 Å². The molecule has 0 spiro atoms. The first-order valence-corrected chi connectivity index (χ1v) is 9.04. The highest BCUT2D eigenvalue weighted by Crippen LogP contribution is 2.39. The average Bonchev–Trinajstić information content (AvgIpc) is 3.19. The summed E-state index contributed by atoms with van der Waals surface area (Å²) in [5.74, 6) is 1.76. The van der Waals surface area contributed by atoms with Crippen LogP contribution in [0.5, 0.6) is 0 Å². The predicted molar refractivity (Wildman–Crippen MR) is 99.7 cm³/mol. The number of hydrogen-bond donors (Lipinski definition) is 2. The van der Waals surface area contributed by atoms with E-state index in [0.29, 0.717) is 6.61 Å². The first kappa shape index (κ1) is 16.0. The van der Waals surface area contributed by atoms with Gasteiger partial charge in [-0.15, -0.1) is 11.3 Å². The monoisotopic (exact) mass is 356 g/mol. The number of aryl methyl sites for hydroxylation is 1. The van der Waals surface area contributed by atoms with Gasteiger partial charge in [0.05, 0.1) is 17.9 Å². The number of aromatic nitrogens is 4. The molecule has 0 unspecified atom stereocenters. The highest BCUT2D eigenvalue weighted by molar-refractivity contribution is 7.16. The highest BCUT2D eigenvalue weighted by atomic mass is 32.1. The van der Waals surface area contributed by atoms with Gasteiger partial charge in [-0.05, 0) is 19.1 Å². The highest BCUT2D eigenvalue weighted by Gasteiger charge is 2.25. The van der Waals surface area contributed by atoms with Crippen molar-refractivity contribution in [3.05, 3.63) is 35.0 Å². The minimum atomic E-state index is 0.680. The predicted octanol–water partition coefficient (Wildman–Crippen LogP) is 2.99. The van der Waals surface area contributed by atoms with Crippen molar-refractivity contribution < 1.29 is 4.74 Å². The van der Waals surface area contributed by atoms with Gasteiger partial charge in [0.2, 0.25) is 0 Å². The van der Waals surface area contributed by atoms with Crippen LogP contribution in [0.15, 0.2) is 24.4 Å². The normalized spacial score (nSPS) is 13.3. The molecule has 0 aromatic carbocycles. The van der Waals surface area contributed by atoms with Gasteiger partial charge in [0, 0.05) is 43.4 Å². The zero-order valence-electron chi connectivity index (χ0n) is 14.2. The SMILES string of the molecule is COCCN1CCc2sc(Nc3cccc(C)n3)nc2-c2c[nH]nc21. The number of ether oxygens (including phenoxy) is 1. The second-order valence-corrected chi connectivity index (χ2v) is 7.02. The Hall–Kier alpha value is -2.45. The largest absolute Gasteiger partial charge is 0.383 e. The molecule has 130 valence electrons. The van der Waals surface area contributed by atoms with Crippen molar-refractivity contribution in [1.29, 1.82) is 0 Å². The molecule has 8 heteroatoms. The molecule has 0 fully saturated rings. The van der Waals surface area contributed by atoms with Crippen LogP contribution in [0.1, 0.15) is 10.6 Å². The van der Waals surface area contributed by atoms with Crippen LogP contribution >= 0.6 is 11.3 Å². The number of fused-ring (bicyclic) bond motifs is 3. The Bertz CT molecular complexity index is 874. The molecule has 0 aliphatic carbocycles. The fraction of sp³-hybridized carbons (Fsp3) is 0.353. The summed E-state index contributed by atoms with van der Waals surface area (Å²) < 4.78 is 5.22. The van der Waals surface area contributed by atoms with Crippen LogP contribution in [0.4, 0.5) is 16.8 Å². The first-order valence-electron chi connectivity index (χ1n) is 8.23. The van der Waals surface area contributed by atoms with Gasteiger partial charge in [-0.3, -0.25) is 5.10 Å². The Kier molecular flexibility index (Phi) is 4.37. The maximum atomic E-state index is 5.22. The topological polar surface area (TPSA) is 79.0 Å². The van der Waals surface area contributed by atoms with Crippen LogP contribution in [-0.2, 0) is 11.2 Å². The number of H-pyrrole nitrogens is 1. The van der Waals surface area contributed by atoms with Gasteiger partial charge in [0.1, 0.15) is 5.82 Å². The van der Waals surface area contributed by atoms with Crippen LogP contribution in [0, 0.1) is 6.92 Å². The van der Waals surface area contributed by atoms with E-state index in [0.717, 1.165) is 53.2 Å². The molecule has 0 saturated heterocycles. The van der Waals surface area contributed by atoms with Gasteiger partial charge in [-0.1, -0.05) is 6.07 Å². The van der Waals surface area contributed by atoms with Gasteiger partial charge in [0.25, 0.3) is 0 Å². The molecule has 2 N–H and O–H groups in total. The number of anilines is 3. The summed E-state index contributed by atoms with van der Waals surface area (Å²) in [6.45, 7) is 4.38. The molecule has 0 atom stereocenters. The molecule has 4 heterocycles. The summed E-state index contributed by atoms with van der Waals surface area (Å²) in [4.78, 5) is 12.8. The van der Waals surface area contributed by atoms with Crippen LogP contribution in [0.3, 0.4) is 0 Å². The molecule has 4 rings (SSSR count). The first-order chi connectivity index (χ1) is 12.2. The summed E-state index contributed by atoms with van der Waals surface area (Å²) in [6.07, 6.45) is 2.86. The lowest BCUT2D eigenvalue weighted by atomic mass is 10.2. The van der Waals surface area contributed by atoms with E-state index in [1.807, 2.05) is 31.3 Å². The van der Waals surface area contributed by atoms with E-state index in [1.54, 1.807) is 18.4 Å². The zero-order chi connectivity index (χ0) is 17.2. The van der Waals surface area contributed by atoms with Gasteiger partial charge >= 0.3 is 0 Å². The standard InChI is InChI=1S/C17H20N6OS/c1-11-4-3-5-14(19-11)20-17-21-15-12-10-18-22-16(12)23(8-9-24-2)7-6-13(15)25-17/h3-5,10H,6-9H2,1-2H3,(H,18,22)(H,19,20,21). The molecule has 25 heavy (non-hydrogen) atoms. The third-order valence-electron chi connectivity index (χ3n) is 4.17. The lowest BCUT2D eigenvalue weighted by Gasteiger charge is -2.20. The van der Waals surface area contributed by atoms with Crippen LogP contribution < -0.4 is 10.2 Å². The third-order valence-corrected chi connectivity index (χ3v) is 5.20. The van der Waals surface area contributed by atoms with E-state index < -0.39 is 0 Å². The number of rotatable bonds is 5. The molecule has 3 aromatic heterocycles. The molecular formula is C17H20N6OS. The van der Waals surface area contributed by atoms with Crippen molar-refractivity contribution in [3.8, 4) is 11.3 Å². The molecular weight excluding hydrogens is 336 g/mol. The lowest BCUT2D eigenvalue weighted by Crippen LogP contribution is -2.29. The summed E-state index contributed by atoms with van der Waals surface area (Å²) in [5, 5.41) is 11.6. The minimum absolute atomic E-state index is 0.680. The lowest BCUT2D eigenvalue weighted by molar-refractivity contribution is 0.205. The summed E-state index contributed by atoms with van der Waals surface area (Å²) in [7, 11) is 1.72. The summed E-state index contributed by atoms with van der Waals surface area (Å²) in [6, 6.07) is 5.93. The van der Waals surface area contributed by atoms with Crippen LogP contribution in [0.2, 0.25) is 0 Å². The molecule has 0 bridgehead atoms. The Morgan fingerprint density at radius 1 is 1.36 bits per heavy atom. The Balaban J connectivity index is 1.63. The Morgan fingerprint density at radius 2 is 2.28 bits per heavy atom. The molecule has 1 aliphatic rings. The van der Waals surface area contributed by atoms with E-state index in [1.165, 1.54) is 4.88 Å². The number of nitrogens with zero attached hydrogens (tertiary/aromatic N) is 4. The van der Waals surface area contributed by atoms with E-state index in [2.05, 4.69) is 25.4 Å². The number of hydrogen-bond acceptors (Lipinski definition) is 7. The quantitative estimate of drug-likeness (QED) is 0.732. The van der Waals surface area contributed by atoms with Crippen LogP contribution in [0.25, 0.3) is 11.3 Å². The van der Waals surface area contributed by atoms with E-state index in [9.17, 15) is 0 Å². The summed E-state index contributed by atoms with van der Waals surface area (Å²) in [5.41, 5.74) is 3.03. The number of aromatic amines is 1. The van der Waals surface area contributed by atoms with Crippen molar-refractivity contribution in [2.45, 2.75) is 13.3 Å². The summed E-state index contributed by atoms with van der Waals surface area (Å²) >= 11 is 1.68. The molecule has 3 aromatic rings. The second kappa shape index (κ2) is 6.81. The average molecular weight is 356 g/mol. The van der Waals surface area contributed by atoms with Gasteiger partial charge in [-0.2, -0.15) is 5.10 Å². The molecule has 0 amide bonds. The number of methoxy groups -OCH3 is 1. The third kappa shape index (κ3) is 3.22. The minimum Gasteiger partial charge on any atom is -0.383 e. The second-order valence-electron chi connectivity index (χ2n) is 5.93. The number of pyridine rings is 1. The molecule has 7 nitrogen and oxygen atoms in total. The zero-order valence-corrected chi connectivity index (χ0v) is 15.1. The van der Waals surface area contributed by atoms with Crippen molar-refractivity contribution in [1.82, 2.24) is 20.2 Å². The van der Waals surface area contributed by atoms with Crippen LogP contribution in [-0.4, -0.2) is 47.0 Å². The number of thiazole rings is 1. The molecule has 1 aliphatic heterocycles. The van der Waals surface area contributed by atoms with Gasteiger partial charge in [-0.25, -0.2) is 9.97 Å². The van der Waals surface area contributed by atoms with Crippen molar-refractivity contribution in [2.75, 3.05) is 37.0 Å².